The topological polar surface area (TPSA) is 114 Å². The van der Waals surface area contributed by atoms with E-state index >= 15 is 0 Å². The van der Waals surface area contributed by atoms with Gasteiger partial charge in [0.05, 0.1) is 11.7 Å². The maximum absolute atomic E-state index is 13.1. The molecule has 2 aromatic heterocycles. The van der Waals surface area contributed by atoms with Crippen molar-refractivity contribution in [1.29, 1.82) is 0 Å². The van der Waals surface area contributed by atoms with Crippen molar-refractivity contribution in [2.75, 3.05) is 0 Å². The second kappa shape index (κ2) is 8.66. The van der Waals surface area contributed by atoms with E-state index in [0.29, 0.717) is 11.1 Å². The molecule has 2 heterocycles. The zero-order chi connectivity index (χ0) is 21.0. The minimum Gasteiger partial charge on any atom is -0.350 e. The summed E-state index contributed by atoms with van der Waals surface area (Å²) >= 11 is 0.933. The van der Waals surface area contributed by atoms with Crippen molar-refractivity contribution >= 4 is 38.7 Å². The first-order chi connectivity index (χ1) is 14.5. The molecule has 0 aliphatic carbocycles. The number of pyridine rings is 1. The van der Waals surface area contributed by atoms with E-state index in [1.807, 2.05) is 6.07 Å². The minimum atomic E-state index is -4.05. The molecule has 2 aromatic carbocycles. The van der Waals surface area contributed by atoms with Crippen LogP contribution in [0.25, 0.3) is 11.0 Å². The molecule has 0 bridgehead atoms. The number of carbonyl (C=O) groups is 1. The van der Waals surface area contributed by atoms with E-state index < -0.39 is 22.0 Å². The van der Waals surface area contributed by atoms with Crippen molar-refractivity contribution in [3.8, 4) is 0 Å². The Morgan fingerprint density at radius 3 is 2.60 bits per heavy atom. The average Bonchev–Trinajstić information content (AvgIpc) is 3.26. The highest BCUT2D eigenvalue weighted by Crippen LogP contribution is 2.23. The number of rotatable bonds is 7. The fourth-order valence-corrected chi connectivity index (χ4v) is 4.88. The van der Waals surface area contributed by atoms with Crippen LogP contribution < -0.4 is 10.0 Å². The summed E-state index contributed by atoms with van der Waals surface area (Å²) < 4.78 is 37.0. The third kappa shape index (κ3) is 4.35. The number of hydrogen-bond donors (Lipinski definition) is 2. The molecule has 2 N–H and O–H groups in total. The van der Waals surface area contributed by atoms with Crippen LogP contribution in [0.5, 0.6) is 0 Å². The third-order valence-corrected chi connectivity index (χ3v) is 6.39. The summed E-state index contributed by atoms with van der Waals surface area (Å²) in [5.74, 6) is -0.475. The molecule has 1 amide bonds. The summed E-state index contributed by atoms with van der Waals surface area (Å²) in [4.78, 5) is 17.0. The fraction of sp³-hybridized carbons (Fsp3) is 0.100. The Kier molecular flexibility index (Phi) is 5.79. The van der Waals surface area contributed by atoms with Gasteiger partial charge in [-0.1, -0.05) is 42.5 Å². The first-order valence-corrected chi connectivity index (χ1v) is 11.2. The lowest BCUT2D eigenvalue weighted by Gasteiger charge is -2.19. The van der Waals surface area contributed by atoms with Gasteiger partial charge in [0.1, 0.15) is 22.0 Å². The van der Waals surface area contributed by atoms with Gasteiger partial charge in [0, 0.05) is 18.9 Å². The SMILES string of the molecule is O=C(NCc1cccnc1)C(NS(=O)(=O)c1cccc2nsnc12)c1ccccc1. The van der Waals surface area contributed by atoms with Crippen LogP contribution in [0.1, 0.15) is 17.2 Å². The van der Waals surface area contributed by atoms with Crippen LogP contribution in [-0.4, -0.2) is 28.1 Å². The van der Waals surface area contributed by atoms with Crippen LogP contribution in [0.4, 0.5) is 0 Å². The van der Waals surface area contributed by atoms with Gasteiger partial charge in [0.15, 0.2) is 0 Å². The highest BCUT2D eigenvalue weighted by molar-refractivity contribution is 7.89. The van der Waals surface area contributed by atoms with Gasteiger partial charge in [0.2, 0.25) is 15.9 Å². The third-order valence-electron chi connectivity index (χ3n) is 4.40. The van der Waals surface area contributed by atoms with Gasteiger partial charge in [-0.15, -0.1) is 0 Å². The van der Waals surface area contributed by atoms with E-state index in [2.05, 4.69) is 23.8 Å². The van der Waals surface area contributed by atoms with Crippen LogP contribution in [0, 0.1) is 0 Å². The van der Waals surface area contributed by atoms with Crippen LogP contribution in [-0.2, 0) is 21.4 Å². The Balaban J connectivity index is 1.63. The van der Waals surface area contributed by atoms with E-state index in [9.17, 15) is 13.2 Å². The lowest BCUT2D eigenvalue weighted by molar-refractivity contribution is -0.123. The zero-order valence-electron chi connectivity index (χ0n) is 15.6. The molecule has 10 heteroatoms. The fourth-order valence-electron chi connectivity index (χ4n) is 2.93. The number of hydrogen-bond acceptors (Lipinski definition) is 7. The number of nitrogens with zero attached hydrogens (tertiary/aromatic N) is 3. The van der Waals surface area contributed by atoms with Gasteiger partial charge in [0.25, 0.3) is 0 Å². The molecule has 1 atom stereocenters. The van der Waals surface area contributed by atoms with Crippen molar-refractivity contribution in [3.63, 3.8) is 0 Å². The summed E-state index contributed by atoms with van der Waals surface area (Å²) in [6.45, 7) is 0.226. The van der Waals surface area contributed by atoms with Crippen molar-refractivity contribution in [3.05, 3.63) is 84.2 Å². The molecule has 0 radical (unpaired) electrons. The van der Waals surface area contributed by atoms with Crippen molar-refractivity contribution in [2.45, 2.75) is 17.5 Å². The second-order valence-electron chi connectivity index (χ2n) is 6.43. The summed E-state index contributed by atoms with van der Waals surface area (Å²) in [5.41, 5.74) is 2.09. The molecule has 30 heavy (non-hydrogen) atoms. The molecule has 0 aliphatic heterocycles. The Morgan fingerprint density at radius 2 is 1.83 bits per heavy atom. The summed E-state index contributed by atoms with van der Waals surface area (Å²) in [6.07, 6.45) is 3.28. The Labute approximate surface area is 177 Å². The van der Waals surface area contributed by atoms with Crippen LogP contribution >= 0.6 is 11.7 Å². The molecule has 0 saturated carbocycles. The smallest absolute Gasteiger partial charge is 0.243 e. The molecule has 0 fully saturated rings. The second-order valence-corrected chi connectivity index (χ2v) is 8.64. The van der Waals surface area contributed by atoms with Gasteiger partial charge in [-0.2, -0.15) is 13.5 Å². The normalized spacial score (nSPS) is 12.5. The van der Waals surface area contributed by atoms with Crippen LogP contribution in [0.3, 0.4) is 0 Å². The van der Waals surface area contributed by atoms with E-state index in [-0.39, 0.29) is 17.0 Å². The largest absolute Gasteiger partial charge is 0.350 e. The molecule has 0 spiro atoms. The number of carbonyl (C=O) groups excluding carboxylic acids is 1. The number of fused-ring (bicyclic) bond motifs is 1. The van der Waals surface area contributed by atoms with Gasteiger partial charge >= 0.3 is 0 Å². The zero-order valence-corrected chi connectivity index (χ0v) is 17.2. The molecule has 0 saturated heterocycles. The minimum absolute atomic E-state index is 0.0188. The van der Waals surface area contributed by atoms with Crippen LogP contribution in [0.2, 0.25) is 0 Å². The standard InChI is InChI=1S/C20H17N5O3S2/c26-20(22-13-14-6-5-11-21-12-14)18(15-7-2-1-3-8-15)25-30(27,28)17-10-4-9-16-19(17)24-29-23-16/h1-12,18,25H,13H2,(H,22,26). The van der Waals surface area contributed by atoms with E-state index in [0.717, 1.165) is 17.3 Å². The number of nitrogens with one attached hydrogen (secondary N) is 2. The number of benzene rings is 2. The molecule has 1 unspecified atom stereocenters. The van der Waals surface area contributed by atoms with E-state index in [1.54, 1.807) is 60.9 Å². The summed E-state index contributed by atoms with van der Waals surface area (Å²) in [7, 11) is -4.05. The molecular weight excluding hydrogens is 422 g/mol. The monoisotopic (exact) mass is 439 g/mol. The van der Waals surface area contributed by atoms with Crippen molar-refractivity contribution in [1.82, 2.24) is 23.8 Å². The van der Waals surface area contributed by atoms with Crippen molar-refractivity contribution in [2.24, 2.45) is 0 Å². The van der Waals surface area contributed by atoms with E-state index in [1.165, 1.54) is 6.07 Å². The molecule has 8 nitrogen and oxygen atoms in total. The lowest BCUT2D eigenvalue weighted by atomic mass is 10.1. The molecule has 0 aliphatic rings. The van der Waals surface area contributed by atoms with Gasteiger partial charge < -0.3 is 5.32 Å². The number of aromatic nitrogens is 3. The Bertz CT molecular complexity index is 1260. The van der Waals surface area contributed by atoms with Crippen LogP contribution in [0.15, 0.2) is 78.0 Å². The summed E-state index contributed by atoms with van der Waals surface area (Å²) in [5, 5.41) is 2.77. The number of amides is 1. The lowest BCUT2D eigenvalue weighted by Crippen LogP contribution is -2.40. The first kappa shape index (κ1) is 20.1. The van der Waals surface area contributed by atoms with Crippen molar-refractivity contribution < 1.29 is 13.2 Å². The average molecular weight is 440 g/mol. The first-order valence-electron chi connectivity index (χ1n) is 9.00. The maximum Gasteiger partial charge on any atom is 0.243 e. The molecule has 4 rings (SSSR count). The summed E-state index contributed by atoms with van der Waals surface area (Å²) in [6, 6.07) is 15.9. The van der Waals surface area contributed by atoms with Gasteiger partial charge in [-0.05, 0) is 29.3 Å². The predicted molar refractivity (Wildman–Crippen MR) is 113 cm³/mol. The Morgan fingerprint density at radius 1 is 1.00 bits per heavy atom. The maximum atomic E-state index is 13.1. The molecule has 4 aromatic rings. The molecular formula is C20H17N5O3S2. The van der Waals surface area contributed by atoms with E-state index in [4.69, 9.17) is 0 Å². The highest BCUT2D eigenvalue weighted by Gasteiger charge is 2.29. The predicted octanol–water partition coefficient (Wildman–Crippen LogP) is 2.42. The quantitative estimate of drug-likeness (QED) is 0.457. The molecule has 152 valence electrons. The Hall–Kier alpha value is -3.21. The van der Waals surface area contributed by atoms with Gasteiger partial charge in [-0.25, -0.2) is 8.42 Å². The highest BCUT2D eigenvalue weighted by atomic mass is 32.2. The number of sulfonamides is 1. The van der Waals surface area contributed by atoms with Gasteiger partial charge in [-0.3, -0.25) is 9.78 Å².